The molecule has 1 aromatic carbocycles. The van der Waals surface area contributed by atoms with Crippen LogP contribution in [0.1, 0.15) is 12.0 Å². The SMILES string of the molecule is Cc1ccc(OCC(=O)N2CCC(Oc3cnccn3)C2)cc1. The number of rotatable bonds is 5. The Hall–Kier alpha value is -2.63. The predicted molar refractivity (Wildman–Crippen MR) is 84.3 cm³/mol. The highest BCUT2D eigenvalue weighted by atomic mass is 16.5. The van der Waals surface area contributed by atoms with Crippen LogP contribution in [0.25, 0.3) is 0 Å². The maximum absolute atomic E-state index is 12.2. The van der Waals surface area contributed by atoms with Crippen molar-refractivity contribution in [3.8, 4) is 11.6 Å². The van der Waals surface area contributed by atoms with E-state index in [0.29, 0.717) is 24.7 Å². The van der Waals surface area contributed by atoms with Gasteiger partial charge in [-0.25, -0.2) is 4.98 Å². The molecule has 1 aliphatic heterocycles. The quantitative estimate of drug-likeness (QED) is 0.843. The second kappa shape index (κ2) is 7.09. The Morgan fingerprint density at radius 3 is 2.87 bits per heavy atom. The first-order valence-corrected chi connectivity index (χ1v) is 7.60. The van der Waals surface area contributed by atoms with E-state index < -0.39 is 0 Å². The zero-order valence-electron chi connectivity index (χ0n) is 13.0. The molecule has 1 aliphatic rings. The Labute approximate surface area is 135 Å². The molecule has 0 bridgehead atoms. The molecule has 6 nitrogen and oxygen atoms in total. The Bertz CT molecular complexity index is 646. The number of carbonyl (C=O) groups excluding carboxylic acids is 1. The van der Waals surface area contributed by atoms with Gasteiger partial charge in [0.2, 0.25) is 5.88 Å². The average molecular weight is 313 g/mol. The van der Waals surface area contributed by atoms with Crippen molar-refractivity contribution in [3.63, 3.8) is 0 Å². The van der Waals surface area contributed by atoms with Crippen molar-refractivity contribution in [1.82, 2.24) is 14.9 Å². The van der Waals surface area contributed by atoms with E-state index in [2.05, 4.69) is 9.97 Å². The van der Waals surface area contributed by atoms with E-state index in [1.54, 1.807) is 23.5 Å². The largest absolute Gasteiger partial charge is 0.484 e. The molecule has 1 amide bonds. The van der Waals surface area contributed by atoms with Gasteiger partial charge in [-0.05, 0) is 19.1 Å². The molecular weight excluding hydrogens is 294 g/mol. The first-order valence-electron chi connectivity index (χ1n) is 7.60. The van der Waals surface area contributed by atoms with Crippen molar-refractivity contribution in [2.75, 3.05) is 19.7 Å². The number of aryl methyl sites for hydroxylation is 1. The smallest absolute Gasteiger partial charge is 0.260 e. The van der Waals surface area contributed by atoms with E-state index in [1.807, 2.05) is 31.2 Å². The molecule has 0 N–H and O–H groups in total. The number of carbonyl (C=O) groups is 1. The first kappa shape index (κ1) is 15.3. The molecule has 2 aromatic rings. The van der Waals surface area contributed by atoms with Crippen molar-refractivity contribution in [2.45, 2.75) is 19.4 Å². The number of likely N-dealkylation sites (tertiary alicyclic amines) is 1. The van der Waals surface area contributed by atoms with Crippen LogP contribution in [0, 0.1) is 6.92 Å². The lowest BCUT2D eigenvalue weighted by Gasteiger charge is -2.17. The van der Waals surface area contributed by atoms with Crippen molar-refractivity contribution >= 4 is 5.91 Å². The van der Waals surface area contributed by atoms with E-state index in [0.717, 1.165) is 12.0 Å². The second-order valence-corrected chi connectivity index (χ2v) is 5.51. The summed E-state index contributed by atoms with van der Waals surface area (Å²) in [5, 5.41) is 0. The highest BCUT2D eigenvalue weighted by molar-refractivity contribution is 5.78. The summed E-state index contributed by atoms with van der Waals surface area (Å²) in [6.07, 6.45) is 5.50. The Kier molecular flexibility index (Phi) is 4.71. The predicted octanol–water partition coefficient (Wildman–Crippen LogP) is 1.84. The van der Waals surface area contributed by atoms with Gasteiger partial charge in [-0.2, -0.15) is 0 Å². The lowest BCUT2D eigenvalue weighted by atomic mass is 10.2. The van der Waals surface area contributed by atoms with Gasteiger partial charge in [-0.15, -0.1) is 0 Å². The van der Waals surface area contributed by atoms with Crippen LogP contribution in [-0.2, 0) is 4.79 Å². The monoisotopic (exact) mass is 313 g/mol. The summed E-state index contributed by atoms with van der Waals surface area (Å²) in [5.41, 5.74) is 1.16. The van der Waals surface area contributed by atoms with Gasteiger partial charge in [-0.1, -0.05) is 17.7 Å². The van der Waals surface area contributed by atoms with Gasteiger partial charge < -0.3 is 14.4 Å². The van der Waals surface area contributed by atoms with E-state index in [9.17, 15) is 4.79 Å². The van der Waals surface area contributed by atoms with Gasteiger partial charge in [0.15, 0.2) is 6.61 Å². The Balaban J connectivity index is 1.46. The number of hydrogen-bond acceptors (Lipinski definition) is 5. The van der Waals surface area contributed by atoms with Crippen molar-refractivity contribution in [1.29, 1.82) is 0 Å². The lowest BCUT2D eigenvalue weighted by molar-refractivity contribution is -0.132. The number of amides is 1. The van der Waals surface area contributed by atoms with Crippen LogP contribution in [-0.4, -0.2) is 46.6 Å². The number of nitrogens with zero attached hydrogens (tertiary/aromatic N) is 3. The zero-order chi connectivity index (χ0) is 16.1. The fourth-order valence-corrected chi connectivity index (χ4v) is 2.44. The minimum atomic E-state index is -0.0463. The third kappa shape index (κ3) is 4.18. The maximum Gasteiger partial charge on any atom is 0.260 e. The standard InChI is InChI=1S/C17H19N3O3/c1-13-2-4-14(5-3-13)22-12-17(21)20-9-6-15(11-20)23-16-10-18-7-8-19-16/h2-5,7-8,10,15H,6,9,11-12H2,1H3. The molecule has 23 heavy (non-hydrogen) atoms. The fourth-order valence-electron chi connectivity index (χ4n) is 2.44. The Morgan fingerprint density at radius 1 is 1.30 bits per heavy atom. The molecule has 1 aromatic heterocycles. The molecule has 3 rings (SSSR count). The molecule has 1 fully saturated rings. The molecule has 6 heteroatoms. The number of benzene rings is 1. The lowest BCUT2D eigenvalue weighted by Crippen LogP contribution is -2.34. The molecule has 1 unspecified atom stereocenters. The van der Waals surface area contributed by atoms with Gasteiger partial charge in [0.25, 0.3) is 5.91 Å². The summed E-state index contributed by atoms with van der Waals surface area (Å²) in [6.45, 7) is 3.27. The molecule has 2 heterocycles. The summed E-state index contributed by atoms with van der Waals surface area (Å²) < 4.78 is 11.3. The zero-order valence-corrected chi connectivity index (χ0v) is 13.0. The summed E-state index contributed by atoms with van der Waals surface area (Å²) in [6, 6.07) is 7.65. The van der Waals surface area contributed by atoms with Crippen LogP contribution in [0.5, 0.6) is 11.6 Å². The normalized spacial score (nSPS) is 17.1. The van der Waals surface area contributed by atoms with Crippen LogP contribution < -0.4 is 9.47 Å². The average Bonchev–Trinajstić information content (AvgIpc) is 3.03. The number of ether oxygens (including phenoxy) is 2. The van der Waals surface area contributed by atoms with Crippen molar-refractivity contribution in [3.05, 3.63) is 48.4 Å². The van der Waals surface area contributed by atoms with Crippen LogP contribution in [0.2, 0.25) is 0 Å². The van der Waals surface area contributed by atoms with Gasteiger partial charge >= 0.3 is 0 Å². The third-order valence-corrected chi connectivity index (χ3v) is 3.71. The van der Waals surface area contributed by atoms with E-state index in [4.69, 9.17) is 9.47 Å². The summed E-state index contributed by atoms with van der Waals surface area (Å²) >= 11 is 0. The van der Waals surface area contributed by atoms with Gasteiger partial charge in [0, 0.05) is 25.4 Å². The second-order valence-electron chi connectivity index (χ2n) is 5.51. The minimum absolute atomic E-state index is 0.0316. The summed E-state index contributed by atoms with van der Waals surface area (Å²) in [7, 11) is 0. The number of aromatic nitrogens is 2. The summed E-state index contributed by atoms with van der Waals surface area (Å²) in [4.78, 5) is 22.0. The van der Waals surface area contributed by atoms with E-state index in [1.165, 1.54) is 0 Å². The highest BCUT2D eigenvalue weighted by Gasteiger charge is 2.28. The molecule has 120 valence electrons. The molecule has 0 saturated carbocycles. The third-order valence-electron chi connectivity index (χ3n) is 3.71. The highest BCUT2D eigenvalue weighted by Crippen LogP contribution is 2.16. The maximum atomic E-state index is 12.2. The van der Waals surface area contributed by atoms with Crippen LogP contribution in [0.15, 0.2) is 42.9 Å². The van der Waals surface area contributed by atoms with Crippen molar-refractivity contribution < 1.29 is 14.3 Å². The Morgan fingerprint density at radius 2 is 2.13 bits per heavy atom. The first-order chi connectivity index (χ1) is 11.2. The fraction of sp³-hybridized carbons (Fsp3) is 0.353. The molecule has 0 spiro atoms. The molecule has 1 saturated heterocycles. The van der Waals surface area contributed by atoms with Crippen LogP contribution in [0.4, 0.5) is 0 Å². The molecule has 1 atom stereocenters. The number of hydrogen-bond donors (Lipinski definition) is 0. The summed E-state index contributed by atoms with van der Waals surface area (Å²) in [5.74, 6) is 1.16. The minimum Gasteiger partial charge on any atom is -0.484 e. The van der Waals surface area contributed by atoms with E-state index >= 15 is 0 Å². The van der Waals surface area contributed by atoms with Crippen LogP contribution in [0.3, 0.4) is 0 Å². The topological polar surface area (TPSA) is 64.5 Å². The van der Waals surface area contributed by atoms with Gasteiger partial charge in [-0.3, -0.25) is 9.78 Å². The van der Waals surface area contributed by atoms with Crippen LogP contribution >= 0.6 is 0 Å². The molecule has 0 aliphatic carbocycles. The molecular formula is C17H19N3O3. The van der Waals surface area contributed by atoms with Crippen molar-refractivity contribution in [2.24, 2.45) is 0 Å². The molecule has 0 radical (unpaired) electrons. The van der Waals surface area contributed by atoms with E-state index in [-0.39, 0.29) is 18.6 Å². The van der Waals surface area contributed by atoms with Gasteiger partial charge in [0.1, 0.15) is 11.9 Å². The van der Waals surface area contributed by atoms with Gasteiger partial charge in [0.05, 0.1) is 12.7 Å².